The van der Waals surface area contributed by atoms with Gasteiger partial charge in [-0.1, -0.05) is 24.9 Å². The van der Waals surface area contributed by atoms with E-state index < -0.39 is 0 Å². The van der Waals surface area contributed by atoms with Gasteiger partial charge in [-0.2, -0.15) is 0 Å². The number of halogens is 3. The van der Waals surface area contributed by atoms with Crippen LogP contribution < -0.4 is 0 Å². The van der Waals surface area contributed by atoms with E-state index in [1.165, 1.54) is 0 Å². The van der Waals surface area contributed by atoms with Gasteiger partial charge in [-0.05, 0) is 34.0 Å². The van der Waals surface area contributed by atoms with Crippen molar-refractivity contribution < 1.29 is 0 Å². The molecule has 12 heavy (non-hydrogen) atoms. The van der Waals surface area contributed by atoms with Gasteiger partial charge in [0.25, 0.3) is 0 Å². The molecule has 0 spiro atoms. The van der Waals surface area contributed by atoms with Crippen LogP contribution in [-0.2, 0) is 6.42 Å². The number of aromatic nitrogens is 2. The van der Waals surface area contributed by atoms with E-state index in [0.29, 0.717) is 5.15 Å². The zero-order valence-corrected chi connectivity index (χ0v) is 9.54. The van der Waals surface area contributed by atoms with Gasteiger partial charge in [-0.25, -0.2) is 9.97 Å². The second kappa shape index (κ2) is 4.40. The van der Waals surface area contributed by atoms with Gasteiger partial charge in [-0.3, -0.25) is 0 Å². The molecule has 0 aromatic carbocycles. The van der Waals surface area contributed by atoms with Crippen molar-refractivity contribution in [2.75, 3.05) is 0 Å². The van der Waals surface area contributed by atoms with Crippen LogP contribution in [0.4, 0.5) is 0 Å². The molecule has 0 atom stereocenters. The zero-order chi connectivity index (χ0) is 9.14. The lowest BCUT2D eigenvalue weighted by Crippen LogP contribution is -1.95. The minimum atomic E-state index is 0.201. The molecule has 0 N–H and O–H groups in total. The second-order valence-electron chi connectivity index (χ2n) is 2.29. The molecule has 0 aliphatic rings. The Bertz CT molecular complexity index is 291. The summed E-state index contributed by atoms with van der Waals surface area (Å²) in [6.07, 6.45) is 1.85. The molecule has 0 unspecified atom stereocenters. The van der Waals surface area contributed by atoms with Crippen molar-refractivity contribution in [2.45, 2.75) is 19.8 Å². The van der Waals surface area contributed by atoms with Crippen molar-refractivity contribution in [3.63, 3.8) is 0 Å². The maximum absolute atomic E-state index is 5.77. The molecule has 66 valence electrons. The molecule has 1 rings (SSSR count). The monoisotopic (exact) mass is 268 g/mol. The molecule has 0 fully saturated rings. The maximum atomic E-state index is 5.77. The Hall–Kier alpha value is 0.140. The van der Waals surface area contributed by atoms with Gasteiger partial charge in [0.1, 0.15) is 5.15 Å². The van der Waals surface area contributed by atoms with Crippen LogP contribution >= 0.6 is 39.1 Å². The van der Waals surface area contributed by atoms with E-state index >= 15 is 0 Å². The van der Waals surface area contributed by atoms with Crippen LogP contribution in [0.1, 0.15) is 19.0 Å². The Morgan fingerprint density at radius 2 is 2.00 bits per heavy atom. The Balaban J connectivity index is 3.09. The van der Waals surface area contributed by atoms with Crippen molar-refractivity contribution in [3.05, 3.63) is 20.6 Å². The first-order chi connectivity index (χ1) is 5.65. The molecular weight excluding hydrogens is 263 g/mol. The molecule has 1 aromatic rings. The van der Waals surface area contributed by atoms with Crippen molar-refractivity contribution in [1.82, 2.24) is 9.97 Å². The first kappa shape index (κ1) is 10.2. The molecule has 0 bridgehead atoms. The molecule has 0 aliphatic heterocycles. The quantitative estimate of drug-likeness (QED) is 0.607. The molecule has 1 aromatic heterocycles. The van der Waals surface area contributed by atoms with Gasteiger partial charge >= 0.3 is 0 Å². The van der Waals surface area contributed by atoms with E-state index in [1.54, 1.807) is 0 Å². The fourth-order valence-electron chi connectivity index (χ4n) is 0.837. The highest BCUT2D eigenvalue weighted by Gasteiger charge is 2.08. The largest absolute Gasteiger partial charge is 0.224 e. The molecule has 0 saturated carbocycles. The predicted molar refractivity (Wildman–Crippen MR) is 53.7 cm³/mol. The van der Waals surface area contributed by atoms with E-state index in [4.69, 9.17) is 23.2 Å². The van der Waals surface area contributed by atoms with Crippen LogP contribution in [0.3, 0.4) is 0 Å². The molecular formula is C7H7BrCl2N2. The van der Waals surface area contributed by atoms with E-state index in [9.17, 15) is 0 Å². The Kier molecular flexibility index (Phi) is 3.75. The molecule has 0 aliphatic carbocycles. The summed E-state index contributed by atoms with van der Waals surface area (Å²) in [7, 11) is 0. The Morgan fingerprint density at radius 3 is 2.58 bits per heavy atom. The molecule has 5 heteroatoms. The fourth-order valence-corrected chi connectivity index (χ4v) is 1.63. The van der Waals surface area contributed by atoms with Crippen LogP contribution in [0.25, 0.3) is 0 Å². The summed E-state index contributed by atoms with van der Waals surface area (Å²) in [4.78, 5) is 7.84. The normalized spacial score (nSPS) is 10.3. The Morgan fingerprint density at radius 1 is 1.33 bits per heavy atom. The summed E-state index contributed by atoms with van der Waals surface area (Å²) in [5, 5.41) is 0.574. The number of rotatable bonds is 2. The number of nitrogens with zero attached hydrogens (tertiary/aromatic N) is 2. The van der Waals surface area contributed by atoms with Crippen LogP contribution in [-0.4, -0.2) is 9.97 Å². The fraction of sp³-hybridized carbons (Fsp3) is 0.429. The van der Waals surface area contributed by atoms with Gasteiger partial charge in [-0.15, -0.1) is 0 Å². The van der Waals surface area contributed by atoms with Crippen molar-refractivity contribution in [2.24, 2.45) is 0 Å². The molecule has 0 saturated heterocycles. The number of hydrogen-bond acceptors (Lipinski definition) is 2. The van der Waals surface area contributed by atoms with Gasteiger partial charge < -0.3 is 0 Å². The first-order valence-electron chi connectivity index (χ1n) is 3.52. The van der Waals surface area contributed by atoms with Gasteiger partial charge in [0, 0.05) is 0 Å². The summed E-state index contributed by atoms with van der Waals surface area (Å²) < 4.78 is 0.746. The molecule has 2 nitrogen and oxygen atoms in total. The van der Waals surface area contributed by atoms with E-state index in [0.717, 1.165) is 23.0 Å². The summed E-state index contributed by atoms with van der Waals surface area (Å²) in [6, 6.07) is 0. The van der Waals surface area contributed by atoms with Gasteiger partial charge in [0.2, 0.25) is 5.28 Å². The summed E-state index contributed by atoms with van der Waals surface area (Å²) >= 11 is 14.7. The van der Waals surface area contributed by atoms with Crippen LogP contribution in [0, 0.1) is 0 Å². The third-order valence-electron chi connectivity index (χ3n) is 1.34. The minimum Gasteiger partial charge on any atom is -0.222 e. The van der Waals surface area contributed by atoms with Crippen molar-refractivity contribution in [1.29, 1.82) is 0 Å². The molecule has 0 amide bonds. The average Bonchev–Trinajstić information content (AvgIpc) is 2.00. The highest BCUT2D eigenvalue weighted by atomic mass is 79.9. The standard InChI is InChI=1S/C7H7BrCl2N2/c1-2-3-4-5(8)6(9)12-7(10)11-4/h2-3H2,1H3. The van der Waals surface area contributed by atoms with Crippen LogP contribution in [0.5, 0.6) is 0 Å². The van der Waals surface area contributed by atoms with Crippen LogP contribution in [0.2, 0.25) is 10.4 Å². The highest BCUT2D eigenvalue weighted by Crippen LogP contribution is 2.25. The van der Waals surface area contributed by atoms with E-state index in [1.807, 2.05) is 0 Å². The van der Waals surface area contributed by atoms with E-state index in [2.05, 4.69) is 32.8 Å². The zero-order valence-electron chi connectivity index (χ0n) is 6.44. The minimum absolute atomic E-state index is 0.201. The predicted octanol–water partition coefficient (Wildman–Crippen LogP) is 3.50. The van der Waals surface area contributed by atoms with Crippen molar-refractivity contribution in [3.8, 4) is 0 Å². The lowest BCUT2D eigenvalue weighted by atomic mass is 10.2. The summed E-state index contributed by atoms with van der Waals surface area (Å²) in [5.74, 6) is 0. The average molecular weight is 270 g/mol. The smallest absolute Gasteiger partial charge is 0.222 e. The third-order valence-corrected chi connectivity index (χ3v) is 2.84. The molecule has 0 radical (unpaired) electrons. The lowest BCUT2D eigenvalue weighted by Gasteiger charge is -2.02. The first-order valence-corrected chi connectivity index (χ1v) is 5.07. The van der Waals surface area contributed by atoms with Crippen molar-refractivity contribution >= 4 is 39.1 Å². The van der Waals surface area contributed by atoms with Crippen LogP contribution in [0.15, 0.2) is 4.47 Å². The maximum Gasteiger partial charge on any atom is 0.224 e. The SMILES string of the molecule is CCCc1nc(Cl)nc(Cl)c1Br. The summed E-state index contributed by atoms with van der Waals surface area (Å²) in [6.45, 7) is 2.07. The Labute approximate surface area is 89.4 Å². The van der Waals surface area contributed by atoms with Gasteiger partial charge in [0.05, 0.1) is 10.2 Å². The topological polar surface area (TPSA) is 25.8 Å². The lowest BCUT2D eigenvalue weighted by molar-refractivity contribution is 0.865. The third kappa shape index (κ3) is 2.31. The van der Waals surface area contributed by atoms with Gasteiger partial charge in [0.15, 0.2) is 0 Å². The number of aryl methyl sites for hydroxylation is 1. The highest BCUT2D eigenvalue weighted by molar-refractivity contribution is 9.10. The van der Waals surface area contributed by atoms with E-state index in [-0.39, 0.29) is 5.28 Å². The molecule has 1 heterocycles. The summed E-state index contributed by atoms with van der Waals surface area (Å²) in [5.41, 5.74) is 0.863. The number of hydrogen-bond donors (Lipinski definition) is 0. The second-order valence-corrected chi connectivity index (χ2v) is 3.78.